The van der Waals surface area contributed by atoms with Gasteiger partial charge in [-0.25, -0.2) is 0 Å². The van der Waals surface area contributed by atoms with Crippen molar-refractivity contribution in [3.8, 4) is 0 Å². The van der Waals surface area contributed by atoms with Gasteiger partial charge in [-0.15, -0.1) is 0 Å². The van der Waals surface area contributed by atoms with Crippen molar-refractivity contribution >= 4 is 17.9 Å². The number of carbonyl (C=O) groups is 3. The fourth-order valence-electron chi connectivity index (χ4n) is 9.53. The van der Waals surface area contributed by atoms with Gasteiger partial charge in [0.2, 0.25) is 0 Å². The Morgan fingerprint density at radius 1 is 0.276 bits per heavy atom. The Hall–Kier alpha value is -3.15. The van der Waals surface area contributed by atoms with Crippen LogP contribution in [0.15, 0.2) is 72.9 Å². The number of hydrogen-bond donors (Lipinski definition) is 0. The SMILES string of the molecule is CC/C=C\C/C=C\C/C=C\C/C=C\CCCCCCC(=O)OC(COC(=O)CCCCCCCCCC)COC(=O)CCCCCCCCCCCCCCCCCCCCCCC/C=C\C/C=C\CCCCCCC. The first-order valence-electron chi connectivity index (χ1n) is 32.9. The van der Waals surface area contributed by atoms with E-state index in [1.165, 1.54) is 193 Å². The minimum Gasteiger partial charge on any atom is -0.462 e. The molecule has 76 heavy (non-hydrogen) atoms. The van der Waals surface area contributed by atoms with Crippen molar-refractivity contribution in [1.82, 2.24) is 0 Å². The third-order valence-corrected chi connectivity index (χ3v) is 14.4. The van der Waals surface area contributed by atoms with E-state index < -0.39 is 6.10 Å². The molecule has 0 bridgehead atoms. The molecule has 0 saturated heterocycles. The lowest BCUT2D eigenvalue weighted by molar-refractivity contribution is -0.167. The van der Waals surface area contributed by atoms with Crippen molar-refractivity contribution < 1.29 is 28.6 Å². The van der Waals surface area contributed by atoms with Crippen LogP contribution in [-0.2, 0) is 28.6 Å². The lowest BCUT2D eigenvalue weighted by Crippen LogP contribution is -2.30. The number of rotatable bonds is 60. The lowest BCUT2D eigenvalue weighted by Gasteiger charge is -2.18. The van der Waals surface area contributed by atoms with Gasteiger partial charge in [0.1, 0.15) is 13.2 Å². The van der Waals surface area contributed by atoms with E-state index in [2.05, 4.69) is 93.7 Å². The van der Waals surface area contributed by atoms with Crippen LogP contribution < -0.4 is 0 Å². The summed E-state index contributed by atoms with van der Waals surface area (Å²) in [5, 5.41) is 0. The van der Waals surface area contributed by atoms with E-state index in [-0.39, 0.29) is 31.1 Å². The zero-order chi connectivity index (χ0) is 55.0. The molecule has 440 valence electrons. The van der Waals surface area contributed by atoms with Gasteiger partial charge in [-0.3, -0.25) is 14.4 Å². The summed E-state index contributed by atoms with van der Waals surface area (Å²) in [5.41, 5.74) is 0. The number of ether oxygens (including phenoxy) is 3. The minimum absolute atomic E-state index is 0.0816. The third-order valence-electron chi connectivity index (χ3n) is 14.4. The molecule has 0 radical (unpaired) electrons. The second-order valence-electron chi connectivity index (χ2n) is 22.0. The van der Waals surface area contributed by atoms with Gasteiger partial charge in [0.25, 0.3) is 0 Å². The maximum absolute atomic E-state index is 12.8. The van der Waals surface area contributed by atoms with Crippen molar-refractivity contribution in [2.45, 2.75) is 341 Å². The molecule has 6 heteroatoms. The summed E-state index contributed by atoms with van der Waals surface area (Å²) in [4.78, 5) is 38.1. The van der Waals surface area contributed by atoms with Crippen molar-refractivity contribution in [1.29, 1.82) is 0 Å². The Bertz CT molecular complexity index is 1400. The van der Waals surface area contributed by atoms with E-state index in [1.807, 2.05) is 0 Å². The van der Waals surface area contributed by atoms with E-state index in [0.717, 1.165) is 103 Å². The van der Waals surface area contributed by atoms with E-state index in [0.29, 0.717) is 19.3 Å². The molecule has 0 aliphatic rings. The van der Waals surface area contributed by atoms with E-state index in [9.17, 15) is 14.4 Å². The zero-order valence-electron chi connectivity index (χ0n) is 50.5. The summed E-state index contributed by atoms with van der Waals surface area (Å²) in [6.45, 7) is 6.50. The smallest absolute Gasteiger partial charge is 0.306 e. The normalized spacial score (nSPS) is 12.5. The van der Waals surface area contributed by atoms with Crippen molar-refractivity contribution in [2.75, 3.05) is 13.2 Å². The third kappa shape index (κ3) is 61.7. The molecule has 0 N–H and O–H groups in total. The molecule has 0 fully saturated rings. The summed E-state index contributed by atoms with van der Waals surface area (Å²) in [5.74, 6) is -0.896. The molecule has 0 aliphatic heterocycles. The maximum atomic E-state index is 12.8. The van der Waals surface area contributed by atoms with Crippen LogP contribution >= 0.6 is 0 Å². The number of carbonyl (C=O) groups excluding carboxylic acids is 3. The summed E-state index contributed by atoms with van der Waals surface area (Å²) in [6.07, 6.45) is 83.8. The Morgan fingerprint density at radius 2 is 0.513 bits per heavy atom. The molecule has 0 rings (SSSR count). The van der Waals surface area contributed by atoms with Gasteiger partial charge >= 0.3 is 17.9 Å². The molecule has 6 nitrogen and oxygen atoms in total. The van der Waals surface area contributed by atoms with Gasteiger partial charge in [-0.1, -0.05) is 299 Å². The van der Waals surface area contributed by atoms with Gasteiger partial charge < -0.3 is 14.2 Å². The molecule has 0 amide bonds. The quantitative estimate of drug-likeness (QED) is 0.0261. The Morgan fingerprint density at radius 3 is 0.803 bits per heavy atom. The van der Waals surface area contributed by atoms with Gasteiger partial charge in [0, 0.05) is 19.3 Å². The first-order valence-corrected chi connectivity index (χ1v) is 32.9. The molecule has 0 heterocycles. The summed E-state index contributed by atoms with van der Waals surface area (Å²) >= 11 is 0. The monoisotopic (exact) mass is 1060 g/mol. The number of hydrogen-bond acceptors (Lipinski definition) is 6. The highest BCUT2D eigenvalue weighted by Gasteiger charge is 2.19. The number of allylic oxidation sites excluding steroid dienone is 12. The van der Waals surface area contributed by atoms with Crippen LogP contribution in [0.1, 0.15) is 335 Å². The van der Waals surface area contributed by atoms with Crippen LogP contribution in [0.2, 0.25) is 0 Å². The largest absolute Gasteiger partial charge is 0.462 e. The van der Waals surface area contributed by atoms with Gasteiger partial charge in [-0.2, -0.15) is 0 Å². The van der Waals surface area contributed by atoms with Crippen molar-refractivity contribution in [3.05, 3.63) is 72.9 Å². The Kier molecular flexibility index (Phi) is 61.7. The van der Waals surface area contributed by atoms with E-state index in [1.54, 1.807) is 0 Å². The molecule has 0 spiro atoms. The maximum Gasteiger partial charge on any atom is 0.306 e. The average Bonchev–Trinajstić information content (AvgIpc) is 3.42. The predicted molar refractivity (Wildman–Crippen MR) is 330 cm³/mol. The topological polar surface area (TPSA) is 78.9 Å². The highest BCUT2D eigenvalue weighted by molar-refractivity contribution is 5.71. The fourth-order valence-corrected chi connectivity index (χ4v) is 9.53. The van der Waals surface area contributed by atoms with Crippen LogP contribution in [0, 0.1) is 0 Å². The molecule has 0 aliphatic carbocycles. The minimum atomic E-state index is -0.784. The number of esters is 3. The summed E-state index contributed by atoms with van der Waals surface area (Å²) in [6, 6.07) is 0. The second-order valence-corrected chi connectivity index (χ2v) is 22.0. The van der Waals surface area contributed by atoms with E-state index >= 15 is 0 Å². The molecule has 1 atom stereocenters. The van der Waals surface area contributed by atoms with E-state index in [4.69, 9.17) is 14.2 Å². The second kappa shape index (κ2) is 64.4. The lowest BCUT2D eigenvalue weighted by atomic mass is 10.0. The summed E-state index contributed by atoms with van der Waals surface area (Å²) < 4.78 is 16.8. The van der Waals surface area contributed by atoms with Crippen LogP contribution in [0.3, 0.4) is 0 Å². The van der Waals surface area contributed by atoms with Gasteiger partial charge in [-0.05, 0) is 89.9 Å². The van der Waals surface area contributed by atoms with Crippen molar-refractivity contribution in [2.24, 2.45) is 0 Å². The van der Waals surface area contributed by atoms with Crippen LogP contribution in [-0.4, -0.2) is 37.2 Å². The Labute approximate surface area is 472 Å². The molecular formula is C70H124O6. The van der Waals surface area contributed by atoms with Crippen LogP contribution in [0.25, 0.3) is 0 Å². The highest BCUT2D eigenvalue weighted by atomic mass is 16.6. The molecule has 1 unspecified atom stereocenters. The average molecular weight is 1060 g/mol. The molecule has 0 aromatic rings. The number of unbranched alkanes of at least 4 members (excludes halogenated alkanes) is 37. The Balaban J connectivity index is 4.04. The van der Waals surface area contributed by atoms with Gasteiger partial charge in [0.15, 0.2) is 6.10 Å². The fraction of sp³-hybridized carbons (Fsp3) is 0.786. The highest BCUT2D eigenvalue weighted by Crippen LogP contribution is 2.17. The standard InChI is InChI=1S/C70H124O6/c1-4-7-10-13-16-19-21-23-25-27-28-29-30-31-32-33-34-35-36-37-38-39-40-41-42-44-45-47-49-51-54-57-60-63-69(72)75-66-67(65-74-68(71)62-59-56-53-18-15-12-9-6-3)76-70(73)64-61-58-55-52-50-48-46-43-26-24-22-20-17-14-11-8-5-2/h8,11,17,20-21,23-24,26-28,46,48,67H,4-7,9-10,12-16,18-19,22,25,29-45,47,49-66H2,1-3H3/b11-8-,20-17-,23-21-,26-24-,28-27-,48-46-. The van der Waals surface area contributed by atoms with Crippen LogP contribution in [0.5, 0.6) is 0 Å². The molecular weight excluding hydrogens is 937 g/mol. The van der Waals surface area contributed by atoms with Gasteiger partial charge in [0.05, 0.1) is 0 Å². The first kappa shape index (κ1) is 72.8. The first-order chi connectivity index (χ1) is 37.5. The molecule has 0 saturated carbocycles. The van der Waals surface area contributed by atoms with Crippen molar-refractivity contribution in [3.63, 3.8) is 0 Å². The van der Waals surface area contributed by atoms with Crippen LogP contribution in [0.4, 0.5) is 0 Å². The predicted octanol–water partition coefficient (Wildman–Crippen LogP) is 22.5. The zero-order valence-corrected chi connectivity index (χ0v) is 50.5. The summed E-state index contributed by atoms with van der Waals surface area (Å²) in [7, 11) is 0. The molecule has 0 aromatic heterocycles. The molecule has 0 aromatic carbocycles.